The number of rotatable bonds is 6. The van der Waals surface area contributed by atoms with Gasteiger partial charge in [-0.15, -0.1) is 0 Å². The monoisotopic (exact) mass is 411 g/mol. The van der Waals surface area contributed by atoms with Crippen molar-refractivity contribution in [2.75, 3.05) is 0 Å². The van der Waals surface area contributed by atoms with Crippen LogP contribution in [0.1, 0.15) is 23.1 Å². The molecule has 0 saturated carbocycles. The predicted molar refractivity (Wildman–Crippen MR) is 113 cm³/mol. The third-order valence-corrected chi connectivity index (χ3v) is 5.25. The summed E-state index contributed by atoms with van der Waals surface area (Å²) in [6.45, 7) is 0.379. The van der Waals surface area contributed by atoms with Gasteiger partial charge in [0.05, 0.1) is 5.71 Å². The van der Waals surface area contributed by atoms with Crippen molar-refractivity contribution < 1.29 is 9.57 Å². The Labute approximate surface area is 174 Å². The Hall–Kier alpha value is -2.49. The molecule has 3 aromatic carbocycles. The molecule has 0 amide bonds. The van der Waals surface area contributed by atoms with E-state index in [1.165, 1.54) is 0 Å². The van der Waals surface area contributed by atoms with E-state index < -0.39 is 0 Å². The van der Waals surface area contributed by atoms with Gasteiger partial charge in [0.15, 0.2) is 0 Å². The Bertz CT molecular complexity index is 989. The molecule has 0 bridgehead atoms. The number of oxime groups is 1. The van der Waals surface area contributed by atoms with Gasteiger partial charge in [-0.05, 0) is 29.3 Å². The first-order chi connectivity index (χ1) is 13.7. The van der Waals surface area contributed by atoms with Gasteiger partial charge in [0.2, 0.25) is 0 Å². The fraction of sp³-hybridized carbons (Fsp3) is 0.174. The summed E-state index contributed by atoms with van der Waals surface area (Å²) in [7, 11) is 0. The summed E-state index contributed by atoms with van der Waals surface area (Å²) in [5.74, 6) is 0.824. The number of nitrogens with zero attached hydrogens (tertiary/aromatic N) is 1. The van der Waals surface area contributed by atoms with Crippen LogP contribution in [-0.4, -0.2) is 11.8 Å². The molecule has 1 atom stereocenters. The van der Waals surface area contributed by atoms with Crippen molar-refractivity contribution in [2.45, 2.75) is 25.6 Å². The molecule has 0 aromatic heterocycles. The first-order valence-electron chi connectivity index (χ1n) is 9.12. The lowest BCUT2D eigenvalue weighted by atomic mass is 10.00. The van der Waals surface area contributed by atoms with E-state index in [0.717, 1.165) is 41.0 Å². The normalized spacial score (nSPS) is 15.8. The topological polar surface area (TPSA) is 30.8 Å². The van der Waals surface area contributed by atoms with Crippen molar-refractivity contribution in [2.24, 2.45) is 5.16 Å². The molecule has 142 valence electrons. The minimum Gasteiger partial charge on any atom is -0.489 e. The lowest BCUT2D eigenvalue weighted by molar-refractivity contribution is 0.0852. The predicted octanol–water partition coefficient (Wildman–Crippen LogP) is 6.31. The lowest BCUT2D eigenvalue weighted by Crippen LogP contribution is -2.13. The van der Waals surface area contributed by atoms with Crippen molar-refractivity contribution >= 4 is 28.9 Å². The Morgan fingerprint density at radius 3 is 2.54 bits per heavy atom. The highest BCUT2D eigenvalue weighted by atomic mass is 35.5. The van der Waals surface area contributed by atoms with Gasteiger partial charge in [0.1, 0.15) is 18.5 Å². The van der Waals surface area contributed by atoms with Crippen LogP contribution < -0.4 is 4.74 Å². The van der Waals surface area contributed by atoms with E-state index in [2.05, 4.69) is 23.4 Å². The molecule has 0 spiro atoms. The van der Waals surface area contributed by atoms with Gasteiger partial charge in [-0.1, -0.05) is 83.0 Å². The molecule has 1 heterocycles. The minimum atomic E-state index is -0.000856. The van der Waals surface area contributed by atoms with Gasteiger partial charge in [-0.3, -0.25) is 0 Å². The standard InChI is InChI=1S/C23H19Cl2NO2/c24-19-11-10-18(21(25)13-19)15-27-23-9-5-4-8-17(23)12-20-14-22(26-28-20)16-6-2-1-3-7-16/h1-11,13,20H,12,14-15H2. The molecular weight excluding hydrogens is 393 g/mol. The van der Waals surface area contributed by atoms with Crippen LogP contribution in [0.25, 0.3) is 0 Å². The van der Waals surface area contributed by atoms with Gasteiger partial charge in [-0.2, -0.15) is 0 Å². The van der Waals surface area contributed by atoms with Crippen molar-refractivity contribution in [3.05, 3.63) is 99.5 Å². The summed E-state index contributed by atoms with van der Waals surface area (Å²) in [5, 5.41) is 5.49. The Balaban J connectivity index is 1.41. The first kappa shape index (κ1) is 18.9. The van der Waals surface area contributed by atoms with Crippen LogP contribution in [0.15, 0.2) is 78.0 Å². The van der Waals surface area contributed by atoms with E-state index in [9.17, 15) is 0 Å². The number of ether oxygens (including phenoxy) is 1. The van der Waals surface area contributed by atoms with E-state index in [1.807, 2.05) is 48.5 Å². The van der Waals surface area contributed by atoms with Crippen LogP contribution in [0.2, 0.25) is 10.0 Å². The summed E-state index contributed by atoms with van der Waals surface area (Å²) in [6, 6.07) is 23.5. The van der Waals surface area contributed by atoms with Gasteiger partial charge < -0.3 is 9.57 Å². The second-order valence-electron chi connectivity index (χ2n) is 6.67. The van der Waals surface area contributed by atoms with Gasteiger partial charge in [0.25, 0.3) is 0 Å². The highest BCUT2D eigenvalue weighted by Gasteiger charge is 2.23. The molecule has 0 radical (unpaired) electrons. The number of hydrogen-bond donors (Lipinski definition) is 0. The van der Waals surface area contributed by atoms with E-state index >= 15 is 0 Å². The fourth-order valence-corrected chi connectivity index (χ4v) is 3.65. The zero-order valence-electron chi connectivity index (χ0n) is 15.1. The first-order valence-corrected chi connectivity index (χ1v) is 9.87. The SMILES string of the molecule is Clc1ccc(COc2ccccc2CC2CC(c3ccccc3)=NO2)c(Cl)c1. The molecule has 1 aliphatic heterocycles. The molecule has 3 nitrogen and oxygen atoms in total. The Kier molecular flexibility index (Phi) is 5.84. The Morgan fingerprint density at radius 2 is 1.71 bits per heavy atom. The molecule has 0 N–H and O–H groups in total. The molecule has 3 aromatic rings. The molecule has 4 rings (SSSR count). The number of hydrogen-bond acceptors (Lipinski definition) is 3. The zero-order valence-corrected chi connectivity index (χ0v) is 16.7. The van der Waals surface area contributed by atoms with Crippen LogP contribution in [0.4, 0.5) is 0 Å². The van der Waals surface area contributed by atoms with Gasteiger partial charge in [-0.25, -0.2) is 0 Å². The minimum absolute atomic E-state index is 0.000856. The number of halogens is 2. The summed E-state index contributed by atoms with van der Waals surface area (Å²) < 4.78 is 6.05. The average molecular weight is 412 g/mol. The molecule has 0 saturated heterocycles. The summed E-state index contributed by atoms with van der Waals surface area (Å²) in [5.41, 5.74) is 4.07. The van der Waals surface area contributed by atoms with E-state index in [1.54, 1.807) is 6.07 Å². The summed E-state index contributed by atoms with van der Waals surface area (Å²) >= 11 is 12.2. The molecule has 1 aliphatic rings. The van der Waals surface area contributed by atoms with Crippen molar-refractivity contribution in [1.82, 2.24) is 0 Å². The quantitative estimate of drug-likeness (QED) is 0.475. The van der Waals surface area contributed by atoms with Crippen molar-refractivity contribution in [3.63, 3.8) is 0 Å². The summed E-state index contributed by atoms with van der Waals surface area (Å²) in [6.07, 6.45) is 1.50. The number of benzene rings is 3. The Morgan fingerprint density at radius 1 is 0.929 bits per heavy atom. The third kappa shape index (κ3) is 4.49. The molecule has 1 unspecified atom stereocenters. The molecule has 0 fully saturated rings. The highest BCUT2D eigenvalue weighted by Crippen LogP contribution is 2.27. The van der Waals surface area contributed by atoms with Crippen LogP contribution >= 0.6 is 23.2 Å². The number of para-hydroxylation sites is 1. The molecular formula is C23H19Cl2NO2. The van der Waals surface area contributed by atoms with Crippen LogP contribution in [-0.2, 0) is 17.9 Å². The maximum absolute atomic E-state index is 6.25. The largest absolute Gasteiger partial charge is 0.489 e. The van der Waals surface area contributed by atoms with Gasteiger partial charge >= 0.3 is 0 Å². The van der Waals surface area contributed by atoms with E-state index in [0.29, 0.717) is 16.7 Å². The average Bonchev–Trinajstić information content (AvgIpc) is 3.18. The molecule has 0 aliphatic carbocycles. The second kappa shape index (κ2) is 8.68. The van der Waals surface area contributed by atoms with E-state index in [4.69, 9.17) is 32.8 Å². The van der Waals surface area contributed by atoms with Crippen LogP contribution in [0.5, 0.6) is 5.75 Å². The van der Waals surface area contributed by atoms with E-state index in [-0.39, 0.29) is 6.10 Å². The smallest absolute Gasteiger partial charge is 0.137 e. The highest BCUT2D eigenvalue weighted by molar-refractivity contribution is 6.35. The molecule has 5 heteroatoms. The fourth-order valence-electron chi connectivity index (χ4n) is 3.19. The molecule has 28 heavy (non-hydrogen) atoms. The van der Waals surface area contributed by atoms with Crippen molar-refractivity contribution in [3.8, 4) is 5.75 Å². The van der Waals surface area contributed by atoms with Crippen molar-refractivity contribution in [1.29, 1.82) is 0 Å². The zero-order chi connectivity index (χ0) is 19.3. The van der Waals surface area contributed by atoms with Crippen LogP contribution in [0.3, 0.4) is 0 Å². The second-order valence-corrected chi connectivity index (χ2v) is 7.52. The van der Waals surface area contributed by atoms with Gasteiger partial charge in [0, 0.05) is 28.5 Å². The third-order valence-electron chi connectivity index (χ3n) is 4.66. The maximum atomic E-state index is 6.25. The summed E-state index contributed by atoms with van der Waals surface area (Å²) in [4.78, 5) is 5.67. The lowest BCUT2D eigenvalue weighted by Gasteiger charge is -2.14. The van der Waals surface area contributed by atoms with Crippen LogP contribution in [0, 0.1) is 0 Å². The maximum Gasteiger partial charge on any atom is 0.137 e.